The van der Waals surface area contributed by atoms with Crippen LogP contribution in [0, 0.1) is 5.82 Å². The smallest absolute Gasteiger partial charge is 0.227 e. The van der Waals surface area contributed by atoms with Crippen molar-refractivity contribution in [2.45, 2.75) is 18.1 Å². The van der Waals surface area contributed by atoms with Gasteiger partial charge in [0.15, 0.2) is 0 Å². The molecule has 1 saturated heterocycles. The van der Waals surface area contributed by atoms with Crippen LogP contribution in [0.15, 0.2) is 47.1 Å². The average Bonchev–Trinajstić information content (AvgIpc) is 2.94. The molecule has 3 nitrogen and oxygen atoms in total. The molecule has 1 aliphatic rings. The zero-order valence-electron chi connectivity index (χ0n) is 12.2. The normalized spacial score (nSPS) is 19.0. The van der Waals surface area contributed by atoms with Crippen LogP contribution in [-0.2, 0) is 11.2 Å². The molecular weight excluding hydrogens is 301 g/mol. The van der Waals surface area contributed by atoms with Crippen molar-refractivity contribution >= 4 is 17.7 Å². The van der Waals surface area contributed by atoms with Crippen molar-refractivity contribution < 1.29 is 13.6 Å². The van der Waals surface area contributed by atoms with E-state index in [9.17, 15) is 9.18 Å². The van der Waals surface area contributed by atoms with Crippen LogP contribution >= 0.6 is 11.8 Å². The number of carbonyl (C=O) groups excluding carboxylic acids is 1. The van der Waals surface area contributed by atoms with Crippen LogP contribution in [-0.4, -0.2) is 29.6 Å². The second-order valence-electron chi connectivity index (χ2n) is 5.35. The van der Waals surface area contributed by atoms with E-state index in [0.717, 1.165) is 36.6 Å². The van der Waals surface area contributed by atoms with Gasteiger partial charge in [0.05, 0.1) is 17.9 Å². The molecule has 0 bridgehead atoms. The predicted octanol–water partition coefficient (Wildman–Crippen LogP) is 3.67. The number of halogens is 1. The molecule has 2 aromatic rings. The lowest BCUT2D eigenvalue weighted by atomic mass is 10.1. The summed E-state index contributed by atoms with van der Waals surface area (Å²) in [5, 5.41) is 0.318. The second-order valence-corrected chi connectivity index (χ2v) is 6.66. The van der Waals surface area contributed by atoms with Crippen molar-refractivity contribution in [3.8, 4) is 0 Å². The Morgan fingerprint density at radius 2 is 2.09 bits per heavy atom. The highest BCUT2D eigenvalue weighted by atomic mass is 32.2. The third kappa shape index (κ3) is 3.71. The largest absolute Gasteiger partial charge is 0.468 e. The number of hydrogen-bond donors (Lipinski definition) is 0. The summed E-state index contributed by atoms with van der Waals surface area (Å²) >= 11 is 1.83. The van der Waals surface area contributed by atoms with Gasteiger partial charge in [0, 0.05) is 18.8 Å². The van der Waals surface area contributed by atoms with Crippen molar-refractivity contribution in [3.05, 3.63) is 59.8 Å². The van der Waals surface area contributed by atoms with Gasteiger partial charge >= 0.3 is 0 Å². The molecule has 1 aliphatic heterocycles. The quantitative estimate of drug-likeness (QED) is 0.865. The third-order valence-corrected chi connectivity index (χ3v) is 5.11. The first-order valence-electron chi connectivity index (χ1n) is 7.39. The fourth-order valence-electron chi connectivity index (χ4n) is 2.61. The van der Waals surface area contributed by atoms with Gasteiger partial charge in [0.25, 0.3) is 0 Å². The highest BCUT2D eigenvalue weighted by Gasteiger charge is 2.23. The van der Waals surface area contributed by atoms with Crippen molar-refractivity contribution in [1.29, 1.82) is 0 Å². The number of amides is 1. The maximum absolute atomic E-state index is 12.9. The summed E-state index contributed by atoms with van der Waals surface area (Å²) in [7, 11) is 0. The van der Waals surface area contributed by atoms with Crippen molar-refractivity contribution in [2.75, 3.05) is 18.8 Å². The summed E-state index contributed by atoms with van der Waals surface area (Å²) in [4.78, 5) is 14.3. The molecule has 0 spiro atoms. The van der Waals surface area contributed by atoms with Gasteiger partial charge in [0.2, 0.25) is 5.91 Å². The van der Waals surface area contributed by atoms with Crippen molar-refractivity contribution in [1.82, 2.24) is 4.90 Å². The van der Waals surface area contributed by atoms with Crippen LogP contribution in [0.1, 0.15) is 23.0 Å². The summed E-state index contributed by atoms with van der Waals surface area (Å²) < 4.78 is 18.4. The van der Waals surface area contributed by atoms with Gasteiger partial charge in [-0.1, -0.05) is 12.1 Å². The van der Waals surface area contributed by atoms with Gasteiger partial charge in [-0.15, -0.1) is 11.8 Å². The van der Waals surface area contributed by atoms with Gasteiger partial charge < -0.3 is 9.32 Å². The Bertz CT molecular complexity index is 612. The lowest BCUT2D eigenvalue weighted by Crippen LogP contribution is -2.34. The Balaban J connectivity index is 1.58. The number of rotatable bonds is 3. The molecule has 0 N–H and O–H groups in total. The highest BCUT2D eigenvalue weighted by Crippen LogP contribution is 2.34. The van der Waals surface area contributed by atoms with Crippen LogP contribution in [0.3, 0.4) is 0 Å². The molecule has 1 atom stereocenters. The summed E-state index contributed by atoms with van der Waals surface area (Å²) in [5.74, 6) is 1.72. The molecule has 1 amide bonds. The number of thioether (sulfide) groups is 1. The van der Waals surface area contributed by atoms with Crippen molar-refractivity contribution in [3.63, 3.8) is 0 Å². The first-order chi connectivity index (χ1) is 10.7. The minimum atomic E-state index is -0.274. The Morgan fingerprint density at radius 1 is 1.27 bits per heavy atom. The first-order valence-corrected chi connectivity index (χ1v) is 8.44. The van der Waals surface area contributed by atoms with E-state index in [1.807, 2.05) is 28.8 Å². The number of hydrogen-bond acceptors (Lipinski definition) is 3. The van der Waals surface area contributed by atoms with E-state index >= 15 is 0 Å². The summed E-state index contributed by atoms with van der Waals surface area (Å²) in [6.07, 6.45) is 2.92. The van der Waals surface area contributed by atoms with Gasteiger partial charge in [-0.05, 0) is 36.2 Å². The molecule has 1 aromatic carbocycles. The number of nitrogens with zero attached hydrogens (tertiary/aromatic N) is 1. The van der Waals surface area contributed by atoms with E-state index in [0.29, 0.717) is 11.7 Å². The molecule has 2 heterocycles. The molecule has 0 aliphatic carbocycles. The van der Waals surface area contributed by atoms with Gasteiger partial charge in [-0.3, -0.25) is 4.79 Å². The van der Waals surface area contributed by atoms with E-state index in [1.165, 1.54) is 12.1 Å². The van der Waals surface area contributed by atoms with Gasteiger partial charge in [-0.2, -0.15) is 0 Å². The Labute approximate surface area is 133 Å². The van der Waals surface area contributed by atoms with E-state index < -0.39 is 0 Å². The number of benzene rings is 1. The topological polar surface area (TPSA) is 33.5 Å². The van der Waals surface area contributed by atoms with Crippen LogP contribution < -0.4 is 0 Å². The zero-order valence-corrected chi connectivity index (χ0v) is 13.0. The molecule has 1 aromatic heterocycles. The molecule has 5 heteroatoms. The molecule has 3 rings (SSSR count). The molecule has 1 unspecified atom stereocenters. The van der Waals surface area contributed by atoms with Crippen LogP contribution in [0.4, 0.5) is 4.39 Å². The number of carbonyl (C=O) groups is 1. The zero-order chi connectivity index (χ0) is 15.4. The Hall–Kier alpha value is -1.75. The Kier molecular flexibility index (Phi) is 4.83. The maximum atomic E-state index is 12.9. The second kappa shape index (κ2) is 7.01. The van der Waals surface area contributed by atoms with Crippen LogP contribution in [0.2, 0.25) is 0 Å². The lowest BCUT2D eigenvalue weighted by Gasteiger charge is -2.20. The van der Waals surface area contributed by atoms with E-state index in [1.54, 1.807) is 18.4 Å². The van der Waals surface area contributed by atoms with Gasteiger partial charge in [0.1, 0.15) is 11.6 Å². The van der Waals surface area contributed by atoms with Crippen molar-refractivity contribution in [2.24, 2.45) is 0 Å². The fraction of sp³-hybridized carbons (Fsp3) is 0.353. The standard InChI is InChI=1S/C17H18FNO2S/c18-14-5-3-13(4-6-14)12-17(20)19-8-7-16(22-11-9-19)15-2-1-10-21-15/h1-6,10,16H,7-9,11-12H2. The summed E-state index contributed by atoms with van der Waals surface area (Å²) in [6.45, 7) is 1.49. The summed E-state index contributed by atoms with van der Waals surface area (Å²) in [6, 6.07) is 10.0. The van der Waals surface area contributed by atoms with E-state index in [-0.39, 0.29) is 11.7 Å². The minimum Gasteiger partial charge on any atom is -0.468 e. The predicted molar refractivity (Wildman–Crippen MR) is 85.2 cm³/mol. The maximum Gasteiger partial charge on any atom is 0.227 e. The highest BCUT2D eigenvalue weighted by molar-refractivity contribution is 7.99. The average molecular weight is 319 g/mol. The van der Waals surface area contributed by atoms with E-state index in [2.05, 4.69) is 0 Å². The van der Waals surface area contributed by atoms with Gasteiger partial charge in [-0.25, -0.2) is 4.39 Å². The van der Waals surface area contributed by atoms with E-state index in [4.69, 9.17) is 4.42 Å². The first kappa shape index (κ1) is 15.2. The number of furan rings is 1. The SMILES string of the molecule is O=C(Cc1ccc(F)cc1)N1CCSC(c2ccco2)CC1. The molecular formula is C17H18FNO2S. The van der Waals surface area contributed by atoms with Crippen LogP contribution in [0.5, 0.6) is 0 Å². The molecule has 22 heavy (non-hydrogen) atoms. The molecule has 0 radical (unpaired) electrons. The fourth-order valence-corrected chi connectivity index (χ4v) is 3.79. The molecule has 116 valence electrons. The monoisotopic (exact) mass is 319 g/mol. The van der Waals surface area contributed by atoms with Crippen LogP contribution in [0.25, 0.3) is 0 Å². The third-order valence-electron chi connectivity index (χ3n) is 3.82. The lowest BCUT2D eigenvalue weighted by molar-refractivity contribution is -0.130. The minimum absolute atomic E-state index is 0.104. The molecule has 1 fully saturated rings. The Morgan fingerprint density at radius 3 is 2.82 bits per heavy atom. The summed E-state index contributed by atoms with van der Waals surface area (Å²) in [5.41, 5.74) is 0.853. The molecule has 0 saturated carbocycles.